The number of carbonyl (C=O) groups excluding carboxylic acids is 1. The zero-order valence-corrected chi connectivity index (χ0v) is 31.3. The van der Waals surface area contributed by atoms with Crippen molar-refractivity contribution in [1.82, 2.24) is 5.32 Å². The number of carbonyl (C=O) groups is 1. The number of aliphatic hydroxyl groups excluding tert-OH is 1. The average molecular weight is 695 g/mol. The maximum atomic E-state index is 12.7. The minimum absolute atomic E-state index is 0.0713. The molecule has 0 aliphatic carbocycles. The summed E-state index contributed by atoms with van der Waals surface area (Å²) in [6, 6.07) is -0.874. The van der Waals surface area contributed by atoms with E-state index in [1.54, 1.807) is 6.08 Å². The SMILES string of the molecule is CC/C=C\C/C=C\C/C=C\C/C=C\CCCCCCC(=O)NC(COP(=O)(O)OCCN)C(O)/C=C/CCCCCCCCCCCC. The van der Waals surface area contributed by atoms with Gasteiger partial charge in [0.15, 0.2) is 0 Å². The van der Waals surface area contributed by atoms with Crippen LogP contribution in [0.15, 0.2) is 60.8 Å². The summed E-state index contributed by atoms with van der Waals surface area (Å²) in [6.07, 6.45) is 42.6. The zero-order valence-electron chi connectivity index (χ0n) is 30.5. The van der Waals surface area contributed by atoms with Gasteiger partial charge in [-0.3, -0.25) is 13.8 Å². The number of amides is 1. The molecule has 0 heterocycles. The summed E-state index contributed by atoms with van der Waals surface area (Å²) < 4.78 is 22.0. The largest absolute Gasteiger partial charge is 0.472 e. The van der Waals surface area contributed by atoms with Crippen LogP contribution in [0.4, 0.5) is 0 Å². The van der Waals surface area contributed by atoms with Crippen LogP contribution in [0.3, 0.4) is 0 Å². The van der Waals surface area contributed by atoms with Gasteiger partial charge in [0.1, 0.15) is 0 Å². The average Bonchev–Trinajstić information content (AvgIpc) is 3.07. The maximum absolute atomic E-state index is 12.7. The molecule has 3 unspecified atom stereocenters. The molecule has 0 aliphatic heterocycles. The van der Waals surface area contributed by atoms with E-state index in [-0.39, 0.29) is 25.7 Å². The lowest BCUT2D eigenvalue weighted by atomic mass is 10.1. The molecule has 8 nitrogen and oxygen atoms in total. The highest BCUT2D eigenvalue weighted by Crippen LogP contribution is 2.43. The number of unbranched alkanes of at least 4 members (excludes halogenated alkanes) is 14. The molecule has 1 amide bonds. The molecule has 0 saturated heterocycles. The van der Waals surface area contributed by atoms with Gasteiger partial charge in [-0.2, -0.15) is 0 Å². The lowest BCUT2D eigenvalue weighted by Gasteiger charge is -2.23. The Morgan fingerprint density at radius 3 is 1.77 bits per heavy atom. The highest BCUT2D eigenvalue weighted by Gasteiger charge is 2.26. The minimum Gasteiger partial charge on any atom is -0.387 e. The van der Waals surface area contributed by atoms with Crippen molar-refractivity contribution in [3.05, 3.63) is 60.8 Å². The second-order valence-corrected chi connectivity index (χ2v) is 13.9. The van der Waals surface area contributed by atoms with Crippen LogP contribution >= 0.6 is 7.82 Å². The summed E-state index contributed by atoms with van der Waals surface area (Å²) in [4.78, 5) is 22.6. The fourth-order valence-electron chi connectivity index (χ4n) is 5.00. The molecule has 278 valence electrons. The van der Waals surface area contributed by atoms with Gasteiger partial charge in [0, 0.05) is 13.0 Å². The Kier molecular flexibility index (Phi) is 33.7. The van der Waals surface area contributed by atoms with E-state index in [2.05, 4.69) is 67.8 Å². The monoisotopic (exact) mass is 695 g/mol. The number of hydrogen-bond acceptors (Lipinski definition) is 6. The molecule has 48 heavy (non-hydrogen) atoms. The molecule has 5 N–H and O–H groups in total. The molecular formula is C39H71N2O6P. The standard InChI is InChI=1S/C39H71N2O6P/c1-3-5-7-9-11-13-15-17-18-19-20-21-23-25-27-29-31-33-39(43)41-37(36-47-48(44,45)46-35-34-40)38(42)32-30-28-26-24-22-16-14-12-10-8-6-4-2/h5,7,11,13,17-18,20-21,30,32,37-38,42H,3-4,6,8-10,12,14-16,19,22-29,31,33-36,40H2,1-2H3,(H,41,43)(H,44,45)/b7-5-,13-11-,18-17-,21-20-,32-30+. The highest BCUT2D eigenvalue weighted by molar-refractivity contribution is 7.47. The normalized spacial score (nSPS) is 15.0. The van der Waals surface area contributed by atoms with Crippen LogP contribution in [0.5, 0.6) is 0 Å². The summed E-state index contributed by atoms with van der Waals surface area (Å²) in [5.74, 6) is -0.222. The van der Waals surface area contributed by atoms with E-state index < -0.39 is 20.0 Å². The Bertz CT molecular complexity index is 933. The van der Waals surface area contributed by atoms with Crippen molar-refractivity contribution in [3.63, 3.8) is 0 Å². The van der Waals surface area contributed by atoms with Crippen LogP contribution in [0.2, 0.25) is 0 Å². The summed E-state index contributed by atoms with van der Waals surface area (Å²) in [5, 5.41) is 13.6. The fraction of sp³-hybridized carbons (Fsp3) is 0.718. The molecule has 0 saturated carbocycles. The Morgan fingerprint density at radius 2 is 1.21 bits per heavy atom. The van der Waals surface area contributed by atoms with Crippen molar-refractivity contribution < 1.29 is 28.4 Å². The second-order valence-electron chi connectivity index (χ2n) is 12.4. The molecule has 0 aromatic carbocycles. The second kappa shape index (κ2) is 35.0. The molecule has 0 spiro atoms. The predicted molar refractivity (Wildman–Crippen MR) is 203 cm³/mol. The maximum Gasteiger partial charge on any atom is 0.472 e. The first-order valence-corrected chi connectivity index (χ1v) is 20.4. The van der Waals surface area contributed by atoms with Crippen molar-refractivity contribution >= 4 is 13.7 Å². The van der Waals surface area contributed by atoms with E-state index in [0.717, 1.165) is 77.0 Å². The first kappa shape index (κ1) is 46.2. The van der Waals surface area contributed by atoms with Gasteiger partial charge in [-0.05, 0) is 57.8 Å². The Hall–Kier alpha value is -1.80. The lowest BCUT2D eigenvalue weighted by molar-refractivity contribution is -0.123. The van der Waals surface area contributed by atoms with Gasteiger partial charge in [0.2, 0.25) is 5.91 Å². The van der Waals surface area contributed by atoms with E-state index in [9.17, 15) is 19.4 Å². The minimum atomic E-state index is -4.34. The smallest absolute Gasteiger partial charge is 0.387 e. The van der Waals surface area contributed by atoms with Gasteiger partial charge in [-0.1, -0.05) is 145 Å². The number of rotatable bonds is 34. The van der Waals surface area contributed by atoms with Gasteiger partial charge in [0.25, 0.3) is 0 Å². The molecule has 0 aromatic heterocycles. The molecule has 0 rings (SSSR count). The number of allylic oxidation sites excluding steroid dienone is 9. The number of nitrogens with two attached hydrogens (primary N) is 1. The first-order valence-electron chi connectivity index (χ1n) is 18.9. The van der Waals surface area contributed by atoms with Gasteiger partial charge < -0.3 is 21.1 Å². The third-order valence-electron chi connectivity index (χ3n) is 7.85. The van der Waals surface area contributed by atoms with E-state index in [1.165, 1.54) is 51.4 Å². The number of nitrogens with one attached hydrogen (secondary N) is 1. The molecule has 0 aliphatic rings. The van der Waals surface area contributed by atoms with Gasteiger partial charge >= 0.3 is 7.82 Å². The van der Waals surface area contributed by atoms with Crippen molar-refractivity contribution in [2.45, 2.75) is 161 Å². The van der Waals surface area contributed by atoms with Crippen LogP contribution < -0.4 is 11.1 Å². The summed E-state index contributed by atoms with van der Waals surface area (Å²) >= 11 is 0. The van der Waals surface area contributed by atoms with E-state index in [4.69, 9.17) is 14.8 Å². The first-order chi connectivity index (χ1) is 23.4. The third kappa shape index (κ3) is 32.7. The van der Waals surface area contributed by atoms with E-state index >= 15 is 0 Å². The molecule has 9 heteroatoms. The lowest BCUT2D eigenvalue weighted by Crippen LogP contribution is -2.45. The molecule has 0 bridgehead atoms. The topological polar surface area (TPSA) is 131 Å². The van der Waals surface area contributed by atoms with Crippen LogP contribution in [-0.2, 0) is 18.4 Å². The number of phosphoric ester groups is 1. The van der Waals surface area contributed by atoms with Crippen molar-refractivity contribution in [1.29, 1.82) is 0 Å². The number of hydrogen-bond donors (Lipinski definition) is 4. The van der Waals surface area contributed by atoms with Crippen LogP contribution in [0, 0.1) is 0 Å². The fourth-order valence-corrected chi connectivity index (χ4v) is 5.76. The van der Waals surface area contributed by atoms with Gasteiger partial charge in [0.05, 0.1) is 25.4 Å². The Balaban J connectivity index is 4.37. The summed E-state index contributed by atoms with van der Waals surface area (Å²) in [6.45, 7) is 3.96. The quantitative estimate of drug-likeness (QED) is 0.0300. The van der Waals surface area contributed by atoms with E-state index in [1.807, 2.05) is 6.08 Å². The molecule has 0 aromatic rings. The van der Waals surface area contributed by atoms with Crippen LogP contribution in [0.25, 0.3) is 0 Å². The van der Waals surface area contributed by atoms with Crippen molar-refractivity contribution in [2.24, 2.45) is 5.73 Å². The predicted octanol–water partition coefficient (Wildman–Crippen LogP) is 9.94. The van der Waals surface area contributed by atoms with Gasteiger partial charge in [-0.25, -0.2) is 4.57 Å². The van der Waals surface area contributed by atoms with Crippen LogP contribution in [-0.4, -0.2) is 47.8 Å². The summed E-state index contributed by atoms with van der Waals surface area (Å²) in [5.41, 5.74) is 5.35. The number of aliphatic hydroxyl groups is 1. The highest BCUT2D eigenvalue weighted by atomic mass is 31.2. The van der Waals surface area contributed by atoms with Crippen molar-refractivity contribution in [2.75, 3.05) is 19.8 Å². The molecule has 0 fully saturated rings. The Labute approximate surface area is 294 Å². The van der Waals surface area contributed by atoms with Crippen molar-refractivity contribution in [3.8, 4) is 0 Å². The Morgan fingerprint density at radius 1 is 0.708 bits per heavy atom. The molecular weight excluding hydrogens is 623 g/mol. The zero-order chi connectivity index (χ0) is 35.4. The molecule has 0 radical (unpaired) electrons. The third-order valence-corrected chi connectivity index (χ3v) is 8.83. The number of phosphoric acid groups is 1. The summed E-state index contributed by atoms with van der Waals surface area (Å²) in [7, 11) is -4.34. The molecule has 3 atom stereocenters. The van der Waals surface area contributed by atoms with E-state index in [0.29, 0.717) is 6.42 Å². The van der Waals surface area contributed by atoms with Gasteiger partial charge in [-0.15, -0.1) is 0 Å². The van der Waals surface area contributed by atoms with Crippen LogP contribution in [0.1, 0.15) is 149 Å².